The molecule has 0 saturated heterocycles. The van der Waals surface area contributed by atoms with Crippen LogP contribution in [0.1, 0.15) is 31.1 Å². The molecular weight excluding hydrogens is 388 g/mol. The molecule has 6 heteroatoms. The smallest absolute Gasteiger partial charge is 0.247 e. The fourth-order valence-electron chi connectivity index (χ4n) is 2.93. The van der Waals surface area contributed by atoms with Crippen LogP contribution in [-0.4, -0.2) is 23.3 Å². The van der Waals surface area contributed by atoms with E-state index >= 15 is 0 Å². The molecule has 0 radical (unpaired) electrons. The van der Waals surface area contributed by atoms with E-state index in [2.05, 4.69) is 55.1 Å². The highest BCUT2D eigenvalue weighted by atomic mass is 32.1. The molecule has 1 heterocycles. The Kier molecular flexibility index (Phi) is 5.43. The van der Waals surface area contributed by atoms with Crippen molar-refractivity contribution >= 4 is 47.9 Å². The number of aromatic nitrogens is 1. The van der Waals surface area contributed by atoms with Crippen LogP contribution in [0.4, 0.5) is 0 Å². The van der Waals surface area contributed by atoms with Gasteiger partial charge in [-0.25, -0.2) is 0 Å². The van der Waals surface area contributed by atoms with Crippen molar-refractivity contribution in [3.05, 3.63) is 64.1 Å². The van der Waals surface area contributed by atoms with Crippen LogP contribution >= 0.6 is 23.6 Å². The Morgan fingerprint density at radius 2 is 1.67 bits per heavy atom. The Morgan fingerprint density at radius 1 is 1.07 bits per heavy atom. The van der Waals surface area contributed by atoms with Gasteiger partial charge >= 0.3 is 0 Å². The van der Waals surface area contributed by atoms with E-state index in [1.807, 2.05) is 42.5 Å². The van der Waals surface area contributed by atoms with Crippen LogP contribution in [0, 0.1) is 3.95 Å². The van der Waals surface area contributed by atoms with Gasteiger partial charge in [-0.3, -0.25) is 4.79 Å². The highest BCUT2D eigenvalue weighted by Crippen LogP contribution is 2.39. The van der Waals surface area contributed by atoms with Gasteiger partial charge in [-0.2, -0.15) is 0 Å². The Bertz CT molecular complexity index is 1020. The number of rotatable bonds is 4. The van der Waals surface area contributed by atoms with E-state index in [4.69, 9.17) is 12.2 Å². The Hall–Kier alpha value is -1.76. The lowest BCUT2D eigenvalue weighted by Gasteiger charge is -2.46. The summed E-state index contributed by atoms with van der Waals surface area (Å²) in [4.78, 5) is 13.5. The van der Waals surface area contributed by atoms with Gasteiger partial charge in [0.1, 0.15) is 0 Å². The van der Waals surface area contributed by atoms with Crippen LogP contribution in [-0.2, 0) is 6.67 Å². The minimum atomic E-state index is -2.13. The van der Waals surface area contributed by atoms with Crippen molar-refractivity contribution in [1.82, 2.24) is 9.13 Å². The second-order valence-electron chi connectivity index (χ2n) is 8.31. The minimum Gasteiger partial charge on any atom is -0.348 e. The van der Waals surface area contributed by atoms with Gasteiger partial charge in [0.05, 0.1) is 16.9 Å². The molecule has 2 aromatic carbocycles. The summed E-state index contributed by atoms with van der Waals surface area (Å²) < 4.78 is 6.17. The van der Waals surface area contributed by atoms with Gasteiger partial charge in [0.15, 0.2) is 12.2 Å². The maximum atomic E-state index is 13.5. The maximum absolute atomic E-state index is 13.5. The minimum absolute atomic E-state index is 0.0332. The summed E-state index contributed by atoms with van der Waals surface area (Å²) in [5.41, 5.74) is 1.82. The topological polar surface area (TPSA) is 25.2 Å². The van der Waals surface area contributed by atoms with Crippen LogP contribution in [0.25, 0.3) is 10.2 Å². The summed E-state index contributed by atoms with van der Waals surface area (Å²) in [6.45, 7) is 11.7. The first-order chi connectivity index (χ1) is 12.6. The summed E-state index contributed by atoms with van der Waals surface area (Å²) in [5, 5.41) is 0.0332. The lowest BCUT2D eigenvalue weighted by atomic mass is 10.2. The molecule has 0 N–H and O–H groups in total. The molecule has 0 saturated carbocycles. The number of fused-ring (bicyclic) bond motifs is 1. The molecule has 0 spiro atoms. The number of carbonyl (C=O) groups excluding carboxylic acids is 1. The third kappa shape index (κ3) is 3.79. The SMILES string of the molecule is CC(C)(C)[Si](C)(C)N(Cn1c(=S)sc2ccccc21)C(=O)c1ccccc1. The maximum Gasteiger partial charge on any atom is 0.247 e. The van der Waals surface area contributed by atoms with Crippen LogP contribution in [0.15, 0.2) is 54.6 Å². The molecule has 0 aliphatic rings. The quantitative estimate of drug-likeness (QED) is 0.358. The monoisotopic (exact) mass is 414 g/mol. The van der Waals surface area contributed by atoms with E-state index in [0.717, 1.165) is 19.7 Å². The summed E-state index contributed by atoms with van der Waals surface area (Å²) in [7, 11) is -2.13. The summed E-state index contributed by atoms with van der Waals surface area (Å²) in [6, 6.07) is 17.8. The number of amides is 1. The second kappa shape index (κ2) is 7.34. The number of benzene rings is 2. The molecule has 3 rings (SSSR count). The molecule has 0 aliphatic carbocycles. The Morgan fingerprint density at radius 3 is 2.30 bits per heavy atom. The third-order valence-electron chi connectivity index (χ3n) is 5.63. The van der Waals surface area contributed by atoms with E-state index in [0.29, 0.717) is 6.67 Å². The van der Waals surface area contributed by atoms with Gasteiger partial charge in [0, 0.05) is 5.56 Å². The number of hydrogen-bond donors (Lipinski definition) is 0. The molecular formula is C21H26N2OS2Si. The van der Waals surface area contributed by atoms with Gasteiger partial charge in [0.2, 0.25) is 5.91 Å². The molecule has 0 fully saturated rings. The van der Waals surface area contributed by atoms with Crippen molar-refractivity contribution < 1.29 is 4.79 Å². The number of hydrogen-bond acceptors (Lipinski definition) is 3. The standard InChI is InChI=1S/C21H26N2OS2Si/c1-21(2,3)27(4,5)23(19(24)16-11-7-6-8-12-16)15-22-17-13-9-10-14-18(17)26-20(22)25/h6-14H,15H2,1-5H3. The zero-order valence-electron chi connectivity index (χ0n) is 16.5. The molecule has 0 atom stereocenters. The van der Waals surface area contributed by atoms with E-state index in [9.17, 15) is 4.79 Å². The molecule has 3 aromatic rings. The van der Waals surface area contributed by atoms with Crippen LogP contribution < -0.4 is 0 Å². The average molecular weight is 415 g/mol. The normalized spacial score (nSPS) is 12.3. The molecule has 3 nitrogen and oxygen atoms in total. The predicted molar refractivity (Wildman–Crippen MR) is 120 cm³/mol. The van der Waals surface area contributed by atoms with Crippen LogP contribution in [0.2, 0.25) is 18.1 Å². The number of thiazole rings is 1. The van der Waals surface area contributed by atoms with E-state index in [1.54, 1.807) is 11.3 Å². The van der Waals surface area contributed by atoms with E-state index in [1.165, 1.54) is 0 Å². The molecule has 142 valence electrons. The summed E-state index contributed by atoms with van der Waals surface area (Å²) >= 11 is 7.25. The van der Waals surface area contributed by atoms with E-state index in [-0.39, 0.29) is 10.9 Å². The zero-order valence-corrected chi connectivity index (χ0v) is 19.2. The lowest BCUT2D eigenvalue weighted by Crippen LogP contribution is -2.57. The van der Waals surface area contributed by atoms with Gasteiger partial charge in [-0.1, -0.05) is 64.2 Å². The number of nitrogens with zero attached hydrogens (tertiary/aromatic N) is 2. The van der Waals surface area contributed by atoms with Crippen molar-refractivity contribution in [1.29, 1.82) is 0 Å². The average Bonchev–Trinajstić information content (AvgIpc) is 2.94. The first-order valence-corrected chi connectivity index (χ1v) is 13.3. The molecule has 0 bridgehead atoms. The summed E-state index contributed by atoms with van der Waals surface area (Å²) in [6.07, 6.45) is 0. The number of para-hydroxylation sites is 1. The first-order valence-electron chi connectivity index (χ1n) is 9.08. The molecule has 0 aliphatic heterocycles. The molecule has 1 aromatic heterocycles. The van der Waals surface area contributed by atoms with Gasteiger partial charge < -0.3 is 9.13 Å². The van der Waals surface area contributed by atoms with Gasteiger partial charge in [0.25, 0.3) is 0 Å². The van der Waals surface area contributed by atoms with Crippen molar-refractivity contribution in [2.24, 2.45) is 0 Å². The number of carbonyl (C=O) groups is 1. The van der Waals surface area contributed by atoms with Crippen molar-refractivity contribution in [3.63, 3.8) is 0 Å². The Balaban J connectivity index is 2.11. The van der Waals surface area contributed by atoms with Crippen molar-refractivity contribution in [3.8, 4) is 0 Å². The molecule has 0 unspecified atom stereocenters. The van der Waals surface area contributed by atoms with Crippen LogP contribution in [0.5, 0.6) is 0 Å². The van der Waals surface area contributed by atoms with E-state index < -0.39 is 8.24 Å². The highest BCUT2D eigenvalue weighted by Gasteiger charge is 2.44. The van der Waals surface area contributed by atoms with Crippen molar-refractivity contribution in [2.45, 2.75) is 45.6 Å². The fraction of sp³-hybridized carbons (Fsp3) is 0.333. The fourth-order valence-corrected chi connectivity index (χ4v) is 6.18. The van der Waals surface area contributed by atoms with Gasteiger partial charge in [-0.05, 0) is 41.5 Å². The molecule has 1 amide bonds. The predicted octanol–water partition coefficient (Wildman–Crippen LogP) is 6.54. The largest absolute Gasteiger partial charge is 0.348 e. The first kappa shape index (κ1) is 20.0. The second-order valence-corrected chi connectivity index (χ2v) is 15.1. The lowest BCUT2D eigenvalue weighted by molar-refractivity contribution is 0.0815. The zero-order chi connectivity index (χ0) is 19.8. The summed E-state index contributed by atoms with van der Waals surface area (Å²) in [5.74, 6) is 0.0828. The van der Waals surface area contributed by atoms with Crippen LogP contribution in [0.3, 0.4) is 0 Å². The van der Waals surface area contributed by atoms with Gasteiger partial charge in [-0.15, -0.1) is 11.3 Å². The highest BCUT2D eigenvalue weighted by molar-refractivity contribution is 7.73. The third-order valence-corrected chi connectivity index (χ3v) is 12.4. The van der Waals surface area contributed by atoms with Crippen molar-refractivity contribution in [2.75, 3.05) is 0 Å². The Labute approximate surface area is 171 Å². The molecule has 27 heavy (non-hydrogen) atoms.